The van der Waals surface area contributed by atoms with Gasteiger partial charge in [0, 0.05) is 11.4 Å². The molecule has 2 aliphatic heterocycles. The van der Waals surface area contributed by atoms with Crippen molar-refractivity contribution in [1.82, 2.24) is 0 Å². The summed E-state index contributed by atoms with van der Waals surface area (Å²) in [6.45, 7) is 0. The number of nitrogens with zero attached hydrogens (tertiary/aromatic N) is 2. The van der Waals surface area contributed by atoms with Gasteiger partial charge in [-0.2, -0.15) is 0 Å². The number of imide groups is 2. The van der Waals surface area contributed by atoms with Crippen LogP contribution in [0.2, 0.25) is 0 Å². The second-order valence-corrected chi connectivity index (χ2v) is 7.02. The SMILES string of the molecule is Nc1ccc2c(c1)C(=O)N(c1cccc(N3C(=O)c4ccc(N)cc4C3=O)c1)C2=O. The fraction of sp³-hybridized carbons (Fsp3) is 0. The normalized spacial score (nSPS) is 15.1. The van der Waals surface area contributed by atoms with Crippen LogP contribution in [-0.4, -0.2) is 23.6 Å². The van der Waals surface area contributed by atoms with Crippen LogP contribution in [0.1, 0.15) is 41.4 Å². The first kappa shape index (κ1) is 17.6. The van der Waals surface area contributed by atoms with Crippen molar-refractivity contribution in [2.45, 2.75) is 0 Å². The van der Waals surface area contributed by atoms with E-state index in [-0.39, 0.29) is 33.6 Å². The Hall–Kier alpha value is -4.46. The lowest BCUT2D eigenvalue weighted by Crippen LogP contribution is -2.31. The quantitative estimate of drug-likeness (QED) is 0.504. The molecule has 0 saturated heterocycles. The summed E-state index contributed by atoms with van der Waals surface area (Å²) in [5.74, 6) is -2.03. The van der Waals surface area contributed by atoms with Crippen LogP contribution < -0.4 is 21.3 Å². The van der Waals surface area contributed by atoms with E-state index >= 15 is 0 Å². The van der Waals surface area contributed by atoms with E-state index in [4.69, 9.17) is 11.5 Å². The van der Waals surface area contributed by atoms with Crippen LogP contribution in [0.4, 0.5) is 22.7 Å². The van der Waals surface area contributed by atoms with Crippen molar-refractivity contribution in [2.24, 2.45) is 0 Å². The number of hydrogen-bond acceptors (Lipinski definition) is 6. The number of carbonyl (C=O) groups excluding carboxylic acids is 4. The molecule has 8 nitrogen and oxygen atoms in total. The molecule has 0 unspecified atom stereocenters. The van der Waals surface area contributed by atoms with E-state index in [1.54, 1.807) is 30.3 Å². The Balaban J connectivity index is 1.55. The van der Waals surface area contributed by atoms with Crippen molar-refractivity contribution in [1.29, 1.82) is 0 Å². The minimum Gasteiger partial charge on any atom is -0.399 e. The molecule has 0 bridgehead atoms. The lowest BCUT2D eigenvalue weighted by molar-refractivity contribution is 0.0912. The Morgan fingerprint density at radius 1 is 0.500 bits per heavy atom. The van der Waals surface area contributed by atoms with Gasteiger partial charge < -0.3 is 11.5 Å². The Morgan fingerprint density at radius 3 is 1.33 bits per heavy atom. The molecule has 4 N–H and O–H groups in total. The van der Waals surface area contributed by atoms with E-state index < -0.39 is 23.6 Å². The van der Waals surface area contributed by atoms with Crippen molar-refractivity contribution in [2.75, 3.05) is 21.3 Å². The molecule has 0 aliphatic carbocycles. The molecule has 30 heavy (non-hydrogen) atoms. The summed E-state index contributed by atoms with van der Waals surface area (Å²) in [5.41, 5.74) is 13.6. The van der Waals surface area contributed by atoms with Gasteiger partial charge in [0.2, 0.25) is 0 Å². The van der Waals surface area contributed by atoms with Crippen LogP contribution in [0.25, 0.3) is 0 Å². The summed E-state index contributed by atoms with van der Waals surface area (Å²) in [6.07, 6.45) is 0. The largest absolute Gasteiger partial charge is 0.399 e. The van der Waals surface area contributed by atoms with Gasteiger partial charge in [-0.15, -0.1) is 0 Å². The fourth-order valence-electron chi connectivity index (χ4n) is 3.76. The van der Waals surface area contributed by atoms with Crippen molar-refractivity contribution >= 4 is 46.4 Å². The molecule has 8 heteroatoms. The third-order valence-corrected chi connectivity index (χ3v) is 5.17. The third kappa shape index (κ3) is 2.34. The van der Waals surface area contributed by atoms with Gasteiger partial charge in [0.05, 0.1) is 33.6 Å². The minimum atomic E-state index is -0.519. The highest BCUT2D eigenvalue weighted by atomic mass is 16.2. The number of anilines is 4. The Labute approximate surface area is 170 Å². The zero-order valence-electron chi connectivity index (χ0n) is 15.5. The predicted octanol–water partition coefficient (Wildman–Crippen LogP) is 2.45. The zero-order chi connectivity index (χ0) is 21.2. The molecule has 4 amide bonds. The second-order valence-electron chi connectivity index (χ2n) is 7.02. The number of benzene rings is 3. The zero-order valence-corrected chi connectivity index (χ0v) is 15.5. The molecule has 0 saturated carbocycles. The van der Waals surface area contributed by atoms with Crippen molar-refractivity contribution in [3.05, 3.63) is 82.9 Å². The molecule has 0 aromatic heterocycles. The molecule has 3 aromatic rings. The Morgan fingerprint density at radius 2 is 0.900 bits per heavy atom. The van der Waals surface area contributed by atoms with Crippen LogP contribution in [0.15, 0.2) is 60.7 Å². The van der Waals surface area contributed by atoms with Crippen LogP contribution in [0.3, 0.4) is 0 Å². The Kier molecular flexibility index (Phi) is 3.54. The first-order valence-electron chi connectivity index (χ1n) is 9.03. The van der Waals surface area contributed by atoms with E-state index in [9.17, 15) is 19.2 Å². The molecule has 0 atom stereocenters. The van der Waals surface area contributed by atoms with Crippen molar-refractivity contribution < 1.29 is 19.2 Å². The highest BCUT2D eigenvalue weighted by molar-refractivity contribution is 6.36. The van der Waals surface area contributed by atoms with Gasteiger partial charge in [0.25, 0.3) is 23.6 Å². The molecule has 3 aromatic carbocycles. The number of nitrogen functional groups attached to an aromatic ring is 2. The van der Waals surface area contributed by atoms with Crippen molar-refractivity contribution in [3.8, 4) is 0 Å². The molecule has 146 valence electrons. The topological polar surface area (TPSA) is 127 Å². The van der Waals surface area contributed by atoms with Gasteiger partial charge in [0.15, 0.2) is 0 Å². The third-order valence-electron chi connectivity index (χ3n) is 5.17. The second kappa shape index (κ2) is 6.02. The molecular weight excluding hydrogens is 384 g/mol. The summed E-state index contributed by atoms with van der Waals surface area (Å²) in [6, 6.07) is 15.2. The lowest BCUT2D eigenvalue weighted by Gasteiger charge is -2.18. The smallest absolute Gasteiger partial charge is 0.266 e. The van der Waals surface area contributed by atoms with Gasteiger partial charge in [0.1, 0.15) is 0 Å². The monoisotopic (exact) mass is 398 g/mol. The van der Waals surface area contributed by atoms with E-state index in [0.717, 1.165) is 9.80 Å². The summed E-state index contributed by atoms with van der Waals surface area (Å²) in [7, 11) is 0. The van der Waals surface area contributed by atoms with Gasteiger partial charge >= 0.3 is 0 Å². The van der Waals surface area contributed by atoms with E-state index in [2.05, 4.69) is 0 Å². The van der Waals surface area contributed by atoms with Gasteiger partial charge in [-0.1, -0.05) is 6.07 Å². The van der Waals surface area contributed by atoms with Gasteiger partial charge in [-0.05, 0) is 54.6 Å². The number of nitrogens with two attached hydrogens (primary N) is 2. The maximum absolute atomic E-state index is 12.8. The summed E-state index contributed by atoms with van der Waals surface area (Å²) >= 11 is 0. The van der Waals surface area contributed by atoms with Crippen LogP contribution in [0.5, 0.6) is 0 Å². The number of fused-ring (bicyclic) bond motifs is 2. The van der Waals surface area contributed by atoms with E-state index in [1.807, 2.05) is 0 Å². The molecule has 0 radical (unpaired) electrons. The molecule has 0 fully saturated rings. The van der Waals surface area contributed by atoms with Crippen LogP contribution >= 0.6 is 0 Å². The van der Waals surface area contributed by atoms with Gasteiger partial charge in [-0.25, -0.2) is 9.80 Å². The molecule has 2 heterocycles. The minimum absolute atomic E-state index is 0.210. The molecular formula is C22H14N4O4. The van der Waals surface area contributed by atoms with E-state index in [1.165, 1.54) is 30.3 Å². The maximum atomic E-state index is 12.8. The highest BCUT2D eigenvalue weighted by Gasteiger charge is 2.39. The number of amides is 4. The molecule has 5 rings (SSSR count). The molecule has 2 aliphatic rings. The average molecular weight is 398 g/mol. The van der Waals surface area contributed by atoms with Crippen LogP contribution in [0, 0.1) is 0 Å². The maximum Gasteiger partial charge on any atom is 0.266 e. The first-order chi connectivity index (χ1) is 14.4. The van der Waals surface area contributed by atoms with Crippen molar-refractivity contribution in [3.63, 3.8) is 0 Å². The summed E-state index contributed by atoms with van der Waals surface area (Å²) < 4.78 is 0. The highest BCUT2D eigenvalue weighted by Crippen LogP contribution is 2.34. The number of rotatable bonds is 2. The van der Waals surface area contributed by atoms with Gasteiger partial charge in [-0.3, -0.25) is 19.2 Å². The summed E-state index contributed by atoms with van der Waals surface area (Å²) in [5, 5.41) is 0. The number of hydrogen-bond donors (Lipinski definition) is 2. The predicted molar refractivity (Wildman–Crippen MR) is 110 cm³/mol. The Bertz CT molecular complexity index is 1220. The molecule has 0 spiro atoms. The van der Waals surface area contributed by atoms with Crippen LogP contribution in [-0.2, 0) is 0 Å². The standard InChI is InChI=1S/C22H14N4O4/c23-11-4-6-15-17(8-11)21(29)25(19(15)27)13-2-1-3-14(10-13)26-20(28)16-7-5-12(24)9-18(16)22(26)30/h1-10H,23-24H2. The summed E-state index contributed by atoms with van der Waals surface area (Å²) in [4.78, 5) is 53.3. The lowest BCUT2D eigenvalue weighted by atomic mass is 10.1. The number of carbonyl (C=O) groups is 4. The fourth-order valence-corrected chi connectivity index (χ4v) is 3.76. The van der Waals surface area contributed by atoms with E-state index in [0.29, 0.717) is 11.4 Å². The average Bonchev–Trinajstić information content (AvgIpc) is 3.12. The first-order valence-corrected chi connectivity index (χ1v) is 9.03.